The van der Waals surface area contributed by atoms with Crippen molar-refractivity contribution in [1.82, 2.24) is 15.1 Å². The lowest BCUT2D eigenvalue weighted by atomic mass is 10.2. The van der Waals surface area contributed by atoms with Crippen LogP contribution in [0.3, 0.4) is 0 Å². The van der Waals surface area contributed by atoms with E-state index in [4.69, 9.17) is 16.0 Å². The predicted octanol–water partition coefficient (Wildman–Crippen LogP) is 4.40. The Morgan fingerprint density at radius 3 is 2.72 bits per heavy atom. The third-order valence-corrected chi connectivity index (χ3v) is 6.28. The first-order chi connectivity index (χ1) is 15.5. The number of benzene rings is 2. The highest BCUT2D eigenvalue weighted by Gasteiger charge is 2.20. The molecule has 2 heterocycles. The van der Waals surface area contributed by atoms with Crippen molar-refractivity contribution in [3.63, 3.8) is 0 Å². The number of hydrogen-bond donors (Lipinski definition) is 1. The molecule has 7 nitrogen and oxygen atoms in total. The molecule has 2 aromatic carbocycles. The van der Waals surface area contributed by atoms with Crippen molar-refractivity contribution >= 4 is 40.6 Å². The molecule has 1 amide bonds. The Labute approximate surface area is 194 Å². The fourth-order valence-corrected chi connectivity index (χ4v) is 4.25. The van der Waals surface area contributed by atoms with Crippen LogP contribution in [0, 0.1) is 5.82 Å². The number of amides is 1. The summed E-state index contributed by atoms with van der Waals surface area (Å²) in [6, 6.07) is 11.7. The number of anilines is 2. The van der Waals surface area contributed by atoms with Crippen molar-refractivity contribution in [3.8, 4) is 11.5 Å². The van der Waals surface area contributed by atoms with E-state index in [0.717, 1.165) is 50.2 Å². The predicted molar refractivity (Wildman–Crippen MR) is 125 cm³/mol. The Bertz CT molecular complexity index is 1090. The van der Waals surface area contributed by atoms with Crippen LogP contribution in [0.5, 0.6) is 0 Å². The molecule has 168 valence electrons. The average Bonchev–Trinajstić information content (AvgIpc) is 3.27. The van der Waals surface area contributed by atoms with Crippen molar-refractivity contribution in [3.05, 3.63) is 53.3 Å². The molecule has 1 aromatic heterocycles. The summed E-state index contributed by atoms with van der Waals surface area (Å²) in [4.78, 5) is 17.3. The van der Waals surface area contributed by atoms with Crippen LogP contribution < -0.4 is 10.2 Å². The molecule has 0 atom stereocenters. The van der Waals surface area contributed by atoms with Crippen LogP contribution in [0.1, 0.15) is 6.92 Å². The molecule has 4 rings (SSSR count). The Morgan fingerprint density at radius 2 is 1.97 bits per heavy atom. The van der Waals surface area contributed by atoms with Gasteiger partial charge in [-0.15, -0.1) is 10.2 Å². The van der Waals surface area contributed by atoms with E-state index in [9.17, 15) is 9.18 Å². The molecule has 0 bridgehead atoms. The van der Waals surface area contributed by atoms with Crippen molar-refractivity contribution in [2.75, 3.05) is 48.7 Å². The zero-order valence-electron chi connectivity index (χ0n) is 17.6. The van der Waals surface area contributed by atoms with Gasteiger partial charge in [0.2, 0.25) is 5.91 Å². The van der Waals surface area contributed by atoms with E-state index in [-0.39, 0.29) is 28.3 Å². The lowest BCUT2D eigenvalue weighted by Gasteiger charge is -2.36. The molecular formula is C22H23ClFN5O2S. The van der Waals surface area contributed by atoms with E-state index in [2.05, 4.69) is 32.2 Å². The minimum atomic E-state index is -0.446. The van der Waals surface area contributed by atoms with E-state index in [1.165, 1.54) is 6.07 Å². The van der Waals surface area contributed by atoms with Gasteiger partial charge in [-0.2, -0.15) is 0 Å². The van der Waals surface area contributed by atoms with Crippen LogP contribution in [0.2, 0.25) is 5.02 Å². The molecule has 0 spiro atoms. The molecule has 0 saturated carbocycles. The molecule has 32 heavy (non-hydrogen) atoms. The molecule has 1 N–H and O–H groups in total. The van der Waals surface area contributed by atoms with Crippen LogP contribution in [0.4, 0.5) is 15.8 Å². The van der Waals surface area contributed by atoms with E-state index < -0.39 is 5.82 Å². The number of hydrogen-bond acceptors (Lipinski definition) is 7. The van der Waals surface area contributed by atoms with Gasteiger partial charge >= 0.3 is 0 Å². The second kappa shape index (κ2) is 10.3. The maximum absolute atomic E-state index is 13.9. The zero-order chi connectivity index (χ0) is 22.5. The van der Waals surface area contributed by atoms with Gasteiger partial charge in [0.05, 0.1) is 22.7 Å². The van der Waals surface area contributed by atoms with E-state index in [0.29, 0.717) is 10.7 Å². The fraction of sp³-hybridized carbons (Fsp3) is 0.318. The minimum Gasteiger partial charge on any atom is -0.411 e. The van der Waals surface area contributed by atoms with E-state index >= 15 is 0 Å². The SMILES string of the molecule is CCN1CCN(c2ccc(Cl)cc2NC(=O)CSc2nnc(-c3ccccc3F)o2)CC1. The quantitative estimate of drug-likeness (QED) is 0.507. The van der Waals surface area contributed by atoms with Crippen molar-refractivity contribution in [2.24, 2.45) is 0 Å². The summed E-state index contributed by atoms with van der Waals surface area (Å²) in [6.45, 7) is 6.91. The maximum atomic E-state index is 13.9. The van der Waals surface area contributed by atoms with E-state index in [1.54, 1.807) is 24.3 Å². The highest BCUT2D eigenvalue weighted by atomic mass is 35.5. The van der Waals surface area contributed by atoms with Gasteiger partial charge in [-0.1, -0.05) is 42.4 Å². The highest BCUT2D eigenvalue weighted by molar-refractivity contribution is 7.99. The Morgan fingerprint density at radius 1 is 1.19 bits per heavy atom. The first-order valence-corrected chi connectivity index (χ1v) is 11.7. The monoisotopic (exact) mass is 475 g/mol. The molecule has 0 radical (unpaired) electrons. The molecule has 1 fully saturated rings. The first kappa shape index (κ1) is 22.6. The molecule has 10 heteroatoms. The van der Waals surface area contributed by atoms with Crippen molar-refractivity contribution < 1.29 is 13.6 Å². The summed E-state index contributed by atoms with van der Waals surface area (Å²) >= 11 is 7.27. The summed E-state index contributed by atoms with van der Waals surface area (Å²) in [5.41, 5.74) is 1.84. The first-order valence-electron chi connectivity index (χ1n) is 10.3. The second-order valence-corrected chi connectivity index (χ2v) is 8.64. The molecule has 0 unspecified atom stereocenters. The smallest absolute Gasteiger partial charge is 0.277 e. The van der Waals surface area contributed by atoms with Gasteiger partial charge < -0.3 is 19.5 Å². The van der Waals surface area contributed by atoms with Crippen LogP contribution >= 0.6 is 23.4 Å². The normalized spacial score (nSPS) is 14.5. The lowest BCUT2D eigenvalue weighted by Crippen LogP contribution is -2.46. The van der Waals surface area contributed by atoms with Crippen LogP contribution in [0.15, 0.2) is 52.1 Å². The maximum Gasteiger partial charge on any atom is 0.277 e. The second-order valence-electron chi connectivity index (χ2n) is 7.27. The number of carbonyl (C=O) groups excluding carboxylic acids is 1. The Balaban J connectivity index is 1.39. The number of halogens is 2. The molecular weight excluding hydrogens is 453 g/mol. The topological polar surface area (TPSA) is 74.5 Å². The van der Waals surface area contributed by atoms with Crippen molar-refractivity contribution in [1.29, 1.82) is 0 Å². The highest BCUT2D eigenvalue weighted by Crippen LogP contribution is 2.31. The Hall–Kier alpha value is -2.62. The largest absolute Gasteiger partial charge is 0.411 e. The number of likely N-dealkylation sites (N-methyl/N-ethyl adjacent to an activating group) is 1. The third-order valence-electron chi connectivity index (χ3n) is 5.23. The van der Waals surface area contributed by atoms with E-state index in [1.807, 2.05) is 12.1 Å². The number of piperazine rings is 1. The third kappa shape index (κ3) is 5.40. The van der Waals surface area contributed by atoms with Crippen molar-refractivity contribution in [2.45, 2.75) is 12.1 Å². The minimum absolute atomic E-state index is 0.0640. The lowest BCUT2D eigenvalue weighted by molar-refractivity contribution is -0.113. The van der Waals surface area contributed by atoms with Crippen LogP contribution in [0.25, 0.3) is 11.5 Å². The summed E-state index contributed by atoms with van der Waals surface area (Å²) in [5, 5.41) is 11.5. The fourth-order valence-electron chi connectivity index (χ4n) is 3.51. The Kier molecular flexibility index (Phi) is 7.29. The van der Waals surface area contributed by atoms with Gasteiger partial charge in [-0.25, -0.2) is 4.39 Å². The average molecular weight is 476 g/mol. The van der Waals surface area contributed by atoms with Gasteiger partial charge in [-0.05, 0) is 36.9 Å². The molecule has 0 aliphatic carbocycles. The summed E-state index contributed by atoms with van der Waals surface area (Å²) < 4.78 is 19.4. The molecule has 3 aromatic rings. The van der Waals surface area contributed by atoms with Crippen LogP contribution in [-0.2, 0) is 4.79 Å². The zero-order valence-corrected chi connectivity index (χ0v) is 19.1. The summed E-state index contributed by atoms with van der Waals surface area (Å²) in [5.74, 6) is -0.529. The van der Waals surface area contributed by atoms with Gasteiger partial charge in [0.1, 0.15) is 5.82 Å². The van der Waals surface area contributed by atoms with Gasteiger partial charge in [0, 0.05) is 31.2 Å². The molecule has 1 aliphatic heterocycles. The number of aromatic nitrogens is 2. The number of rotatable bonds is 7. The molecule has 1 saturated heterocycles. The number of thioether (sulfide) groups is 1. The van der Waals surface area contributed by atoms with Crippen LogP contribution in [-0.4, -0.2) is 59.5 Å². The van der Waals surface area contributed by atoms with Gasteiger partial charge in [0.25, 0.3) is 11.1 Å². The number of carbonyl (C=O) groups is 1. The molecule has 1 aliphatic rings. The van der Waals surface area contributed by atoms with Gasteiger partial charge in [-0.3, -0.25) is 4.79 Å². The number of nitrogens with zero attached hydrogens (tertiary/aromatic N) is 4. The summed E-state index contributed by atoms with van der Waals surface area (Å²) in [7, 11) is 0. The van der Waals surface area contributed by atoms with Gasteiger partial charge in [0.15, 0.2) is 0 Å². The standard InChI is InChI=1S/C22H23ClFN5O2S/c1-2-28-9-11-29(12-10-28)19-8-7-15(23)13-18(19)25-20(30)14-32-22-27-26-21(31-22)16-5-3-4-6-17(16)24/h3-8,13H,2,9-12,14H2,1H3,(H,25,30). The number of nitrogens with one attached hydrogen (secondary N) is 1. The summed E-state index contributed by atoms with van der Waals surface area (Å²) in [6.07, 6.45) is 0.